The molecule has 1 N–H and O–H groups in total. The summed E-state index contributed by atoms with van der Waals surface area (Å²) in [5.74, 6) is -2.17. The summed E-state index contributed by atoms with van der Waals surface area (Å²) in [6.07, 6.45) is 0. The molecule has 0 aromatic heterocycles. The van der Waals surface area contributed by atoms with Gasteiger partial charge in [-0.1, -0.05) is 18.2 Å². The number of nitrogens with zero attached hydrogens (tertiary/aromatic N) is 2. The quantitative estimate of drug-likeness (QED) is 0.424. The number of amides is 2. The van der Waals surface area contributed by atoms with Gasteiger partial charge in [-0.05, 0) is 35.9 Å². The maximum absolute atomic E-state index is 12.9. The topological polar surface area (TPSA) is 118 Å². The molecule has 1 aliphatic heterocycles. The van der Waals surface area contributed by atoms with E-state index < -0.39 is 22.7 Å². The summed E-state index contributed by atoms with van der Waals surface area (Å²) < 4.78 is 0. The summed E-state index contributed by atoms with van der Waals surface area (Å²) in [5, 5.41) is 20.8. The van der Waals surface area contributed by atoms with Gasteiger partial charge in [0.2, 0.25) is 0 Å². The van der Waals surface area contributed by atoms with Crippen LogP contribution in [0.3, 0.4) is 0 Å². The molecule has 3 aromatic carbocycles. The number of carboxylic acids is 1. The van der Waals surface area contributed by atoms with E-state index in [-0.39, 0.29) is 39.7 Å². The van der Waals surface area contributed by atoms with Crippen LogP contribution in [0.4, 0.5) is 5.69 Å². The van der Waals surface area contributed by atoms with Gasteiger partial charge in [0.25, 0.3) is 17.5 Å². The molecule has 8 heteroatoms. The molecule has 3 aromatic rings. The number of benzene rings is 3. The number of hydrogen-bond acceptors (Lipinski definition) is 5. The van der Waals surface area contributed by atoms with E-state index in [4.69, 9.17) is 5.11 Å². The Morgan fingerprint density at radius 3 is 2.21 bits per heavy atom. The van der Waals surface area contributed by atoms with Gasteiger partial charge in [0, 0.05) is 22.6 Å². The zero-order valence-corrected chi connectivity index (χ0v) is 14.3. The number of imide groups is 1. The first-order valence-electron chi connectivity index (χ1n) is 8.27. The predicted octanol–water partition coefficient (Wildman–Crippen LogP) is 3.24. The number of non-ortho nitro benzene ring substituents is 1. The van der Waals surface area contributed by atoms with E-state index in [0.717, 1.165) is 4.90 Å². The van der Waals surface area contributed by atoms with Gasteiger partial charge in [0.15, 0.2) is 0 Å². The van der Waals surface area contributed by atoms with Crippen LogP contribution in [0.15, 0.2) is 54.6 Å². The highest BCUT2D eigenvalue weighted by Crippen LogP contribution is 2.35. The smallest absolute Gasteiger partial charge is 0.335 e. The van der Waals surface area contributed by atoms with Crippen molar-refractivity contribution in [2.45, 2.75) is 6.54 Å². The fourth-order valence-corrected chi connectivity index (χ4v) is 3.37. The van der Waals surface area contributed by atoms with Crippen molar-refractivity contribution in [2.24, 2.45) is 0 Å². The van der Waals surface area contributed by atoms with Crippen LogP contribution in [0.25, 0.3) is 10.8 Å². The number of aromatic carboxylic acids is 1. The molecule has 0 atom stereocenters. The van der Waals surface area contributed by atoms with Crippen molar-refractivity contribution in [1.29, 1.82) is 0 Å². The first-order chi connectivity index (χ1) is 13.4. The van der Waals surface area contributed by atoms with Crippen LogP contribution in [-0.2, 0) is 6.54 Å². The summed E-state index contributed by atoms with van der Waals surface area (Å²) in [7, 11) is 0. The number of carbonyl (C=O) groups is 3. The van der Waals surface area contributed by atoms with E-state index in [1.165, 1.54) is 48.5 Å². The highest BCUT2D eigenvalue weighted by atomic mass is 16.6. The SMILES string of the molecule is O=C(O)c1ccc(CN2C(=O)c3cccc4c([N+](=O)[O-])ccc(c34)C2=O)cc1. The maximum atomic E-state index is 12.9. The first kappa shape index (κ1) is 17.3. The van der Waals surface area contributed by atoms with E-state index >= 15 is 0 Å². The van der Waals surface area contributed by atoms with Crippen molar-refractivity contribution < 1.29 is 24.4 Å². The Morgan fingerprint density at radius 2 is 1.61 bits per heavy atom. The van der Waals surface area contributed by atoms with Crippen molar-refractivity contribution >= 4 is 34.2 Å². The van der Waals surface area contributed by atoms with Crippen LogP contribution < -0.4 is 0 Å². The normalized spacial score (nSPS) is 13.1. The Hall–Kier alpha value is -4.07. The van der Waals surface area contributed by atoms with Crippen molar-refractivity contribution in [1.82, 2.24) is 4.90 Å². The Kier molecular flexibility index (Phi) is 3.89. The van der Waals surface area contributed by atoms with Crippen molar-refractivity contribution in [3.05, 3.63) is 87.0 Å². The van der Waals surface area contributed by atoms with Gasteiger partial charge in [-0.3, -0.25) is 24.6 Å². The van der Waals surface area contributed by atoms with Crippen LogP contribution in [-0.4, -0.2) is 32.7 Å². The van der Waals surface area contributed by atoms with Crippen molar-refractivity contribution in [2.75, 3.05) is 0 Å². The Morgan fingerprint density at radius 1 is 0.964 bits per heavy atom. The molecule has 8 nitrogen and oxygen atoms in total. The molecule has 0 bridgehead atoms. The first-order valence-corrected chi connectivity index (χ1v) is 8.27. The molecular formula is C20H12N2O6. The lowest BCUT2D eigenvalue weighted by Gasteiger charge is -2.27. The second kappa shape index (κ2) is 6.27. The number of rotatable bonds is 4. The molecule has 138 valence electrons. The molecule has 28 heavy (non-hydrogen) atoms. The molecule has 0 saturated carbocycles. The minimum Gasteiger partial charge on any atom is -0.478 e. The molecule has 1 heterocycles. The van der Waals surface area contributed by atoms with Crippen LogP contribution in [0.5, 0.6) is 0 Å². The average molecular weight is 376 g/mol. The summed E-state index contributed by atoms with van der Waals surface area (Å²) >= 11 is 0. The van der Waals surface area contributed by atoms with Gasteiger partial charge in [0.05, 0.1) is 22.4 Å². The Bertz CT molecular complexity index is 1160. The molecular weight excluding hydrogens is 364 g/mol. The lowest BCUT2D eigenvalue weighted by Crippen LogP contribution is -2.39. The summed E-state index contributed by atoms with van der Waals surface area (Å²) in [4.78, 5) is 48.6. The summed E-state index contributed by atoms with van der Waals surface area (Å²) in [6.45, 7) is -0.0373. The van der Waals surface area contributed by atoms with Gasteiger partial charge in [-0.25, -0.2) is 4.79 Å². The third kappa shape index (κ3) is 2.59. The minimum absolute atomic E-state index is 0.0373. The lowest BCUT2D eigenvalue weighted by molar-refractivity contribution is -0.383. The van der Waals surface area contributed by atoms with E-state index in [1.807, 2.05) is 0 Å². The highest BCUT2D eigenvalue weighted by Gasteiger charge is 2.34. The molecule has 0 unspecified atom stereocenters. The lowest BCUT2D eigenvalue weighted by atomic mass is 9.93. The van der Waals surface area contributed by atoms with E-state index in [9.17, 15) is 24.5 Å². The fraction of sp³-hybridized carbons (Fsp3) is 0.0500. The van der Waals surface area contributed by atoms with Crippen LogP contribution in [0, 0.1) is 10.1 Å². The molecule has 4 rings (SSSR count). The third-order valence-corrected chi connectivity index (χ3v) is 4.71. The standard InChI is InChI=1S/C20H12N2O6/c23-18-14-3-1-2-13-16(22(27)28)9-8-15(17(13)14)19(24)21(18)10-11-4-6-12(7-5-11)20(25)26/h1-9H,10H2,(H,25,26). The van der Waals surface area contributed by atoms with Crippen LogP contribution in [0.2, 0.25) is 0 Å². The number of carbonyl (C=O) groups excluding carboxylic acids is 2. The molecule has 0 saturated heterocycles. The zero-order valence-electron chi connectivity index (χ0n) is 14.3. The number of carboxylic acid groups (broad SMARTS) is 1. The van der Waals surface area contributed by atoms with Crippen molar-refractivity contribution in [3.63, 3.8) is 0 Å². The molecule has 1 aliphatic rings. The van der Waals surface area contributed by atoms with Gasteiger partial charge in [0.1, 0.15) is 0 Å². The highest BCUT2D eigenvalue weighted by molar-refractivity contribution is 6.26. The van der Waals surface area contributed by atoms with E-state index in [1.54, 1.807) is 6.07 Å². The zero-order chi connectivity index (χ0) is 20.0. The molecule has 0 fully saturated rings. The summed E-state index contributed by atoms with van der Waals surface area (Å²) in [5.41, 5.74) is 0.960. The summed E-state index contributed by atoms with van der Waals surface area (Å²) in [6, 6.07) is 13.1. The second-order valence-corrected chi connectivity index (χ2v) is 6.32. The van der Waals surface area contributed by atoms with Gasteiger partial charge in [-0.15, -0.1) is 0 Å². The monoisotopic (exact) mass is 376 g/mol. The van der Waals surface area contributed by atoms with E-state index in [0.29, 0.717) is 5.56 Å². The maximum Gasteiger partial charge on any atom is 0.335 e. The molecule has 2 amide bonds. The largest absolute Gasteiger partial charge is 0.478 e. The fourth-order valence-electron chi connectivity index (χ4n) is 3.37. The van der Waals surface area contributed by atoms with Crippen molar-refractivity contribution in [3.8, 4) is 0 Å². The Labute approximate surface area is 157 Å². The number of nitro groups is 1. The van der Waals surface area contributed by atoms with Gasteiger partial charge >= 0.3 is 5.97 Å². The molecule has 0 aliphatic carbocycles. The van der Waals surface area contributed by atoms with Crippen LogP contribution >= 0.6 is 0 Å². The van der Waals surface area contributed by atoms with Gasteiger partial charge in [-0.2, -0.15) is 0 Å². The van der Waals surface area contributed by atoms with Crippen LogP contribution in [0.1, 0.15) is 36.6 Å². The third-order valence-electron chi connectivity index (χ3n) is 4.71. The molecule has 0 radical (unpaired) electrons. The average Bonchev–Trinajstić information content (AvgIpc) is 2.69. The number of hydrogen-bond donors (Lipinski definition) is 1. The molecule has 0 spiro atoms. The second-order valence-electron chi connectivity index (χ2n) is 6.32. The Balaban J connectivity index is 1.78. The predicted molar refractivity (Wildman–Crippen MR) is 98.2 cm³/mol. The van der Waals surface area contributed by atoms with E-state index in [2.05, 4.69) is 0 Å². The van der Waals surface area contributed by atoms with Gasteiger partial charge < -0.3 is 5.11 Å². The minimum atomic E-state index is -1.07. The number of nitro benzene ring substituents is 1.